The second kappa shape index (κ2) is 5.68. The number of rotatable bonds is 3. The highest BCUT2D eigenvalue weighted by atomic mass is 19.1. The van der Waals surface area contributed by atoms with Crippen molar-refractivity contribution in [2.24, 2.45) is 0 Å². The lowest BCUT2D eigenvalue weighted by Crippen LogP contribution is -2.29. The highest BCUT2D eigenvalue weighted by Crippen LogP contribution is 2.33. The van der Waals surface area contributed by atoms with E-state index in [9.17, 15) is 9.18 Å². The third-order valence-corrected chi connectivity index (χ3v) is 2.39. The minimum atomic E-state index is -0.449. The van der Waals surface area contributed by atoms with Gasteiger partial charge in [0.1, 0.15) is 5.82 Å². The standard InChI is InChI=1S/C12H14FN2O3/c1-2-3-14-12(16)15-10-5-9(13)4-8-6-17-7-18-11(8)10/h4-5H,1-3,6-7H2,(H2,14,15,16). The fourth-order valence-corrected chi connectivity index (χ4v) is 1.64. The van der Waals surface area contributed by atoms with Crippen molar-refractivity contribution in [3.8, 4) is 5.75 Å². The number of carbonyl (C=O) groups excluding carboxylic acids is 1. The van der Waals surface area contributed by atoms with Gasteiger partial charge in [-0.1, -0.05) is 6.92 Å². The molecule has 0 bridgehead atoms. The molecule has 18 heavy (non-hydrogen) atoms. The van der Waals surface area contributed by atoms with E-state index in [2.05, 4.69) is 17.6 Å². The number of urea groups is 1. The van der Waals surface area contributed by atoms with Gasteiger partial charge in [0.25, 0.3) is 0 Å². The van der Waals surface area contributed by atoms with Crippen molar-refractivity contribution in [1.29, 1.82) is 0 Å². The number of halogens is 1. The molecule has 0 saturated carbocycles. The average Bonchev–Trinajstić information content (AvgIpc) is 2.36. The number of amides is 2. The van der Waals surface area contributed by atoms with Crippen LogP contribution in [-0.4, -0.2) is 19.4 Å². The van der Waals surface area contributed by atoms with E-state index < -0.39 is 11.8 Å². The van der Waals surface area contributed by atoms with Crippen LogP contribution in [0.4, 0.5) is 14.9 Å². The number of hydrogen-bond acceptors (Lipinski definition) is 3. The first-order chi connectivity index (χ1) is 8.70. The Morgan fingerprint density at radius 2 is 2.33 bits per heavy atom. The normalized spacial score (nSPS) is 13.4. The molecule has 0 aromatic heterocycles. The second-order valence-electron chi connectivity index (χ2n) is 3.79. The van der Waals surface area contributed by atoms with Crippen molar-refractivity contribution in [1.82, 2.24) is 5.32 Å². The molecule has 0 fully saturated rings. The monoisotopic (exact) mass is 253 g/mol. The van der Waals surface area contributed by atoms with Crippen LogP contribution in [0.2, 0.25) is 0 Å². The largest absolute Gasteiger partial charge is 0.465 e. The molecule has 0 saturated heterocycles. The summed E-state index contributed by atoms with van der Waals surface area (Å²) in [5.74, 6) is 0.00253. The van der Waals surface area contributed by atoms with Crippen LogP contribution >= 0.6 is 0 Å². The molecule has 2 amide bonds. The Bertz CT molecular complexity index is 451. The van der Waals surface area contributed by atoms with E-state index in [-0.39, 0.29) is 13.4 Å². The van der Waals surface area contributed by atoms with Gasteiger partial charge in [0, 0.05) is 18.2 Å². The van der Waals surface area contributed by atoms with E-state index in [1.165, 1.54) is 12.1 Å². The quantitative estimate of drug-likeness (QED) is 0.866. The molecule has 0 atom stereocenters. The predicted octanol–water partition coefficient (Wildman–Crippen LogP) is 2.04. The first-order valence-electron chi connectivity index (χ1n) is 5.58. The summed E-state index contributed by atoms with van der Waals surface area (Å²) in [5, 5.41) is 5.13. The molecule has 1 aromatic rings. The lowest BCUT2D eigenvalue weighted by molar-refractivity contribution is -0.0160. The number of fused-ring (bicyclic) bond motifs is 1. The molecule has 1 radical (unpaired) electrons. The fourth-order valence-electron chi connectivity index (χ4n) is 1.64. The third kappa shape index (κ3) is 2.89. The summed E-state index contributed by atoms with van der Waals surface area (Å²) in [6, 6.07) is 2.13. The Labute approximate surface area is 104 Å². The van der Waals surface area contributed by atoms with E-state index >= 15 is 0 Å². The number of nitrogens with one attached hydrogen (secondary N) is 2. The Morgan fingerprint density at radius 3 is 3.11 bits per heavy atom. The van der Waals surface area contributed by atoms with Crippen molar-refractivity contribution in [2.45, 2.75) is 13.0 Å². The first kappa shape index (κ1) is 12.6. The van der Waals surface area contributed by atoms with Crippen molar-refractivity contribution in [3.63, 3.8) is 0 Å². The van der Waals surface area contributed by atoms with Crippen LogP contribution in [0.1, 0.15) is 12.0 Å². The van der Waals surface area contributed by atoms with Crippen LogP contribution < -0.4 is 15.4 Å². The van der Waals surface area contributed by atoms with Crippen molar-refractivity contribution >= 4 is 11.7 Å². The first-order valence-corrected chi connectivity index (χ1v) is 5.58. The maximum absolute atomic E-state index is 13.4. The minimum absolute atomic E-state index is 0.0911. The van der Waals surface area contributed by atoms with Gasteiger partial charge in [-0.15, -0.1) is 0 Å². The maximum Gasteiger partial charge on any atom is 0.319 e. The summed E-state index contributed by atoms with van der Waals surface area (Å²) < 4.78 is 23.7. The molecule has 6 heteroatoms. The van der Waals surface area contributed by atoms with Gasteiger partial charge in [0.15, 0.2) is 12.5 Å². The van der Waals surface area contributed by atoms with Crippen LogP contribution in [-0.2, 0) is 11.3 Å². The topological polar surface area (TPSA) is 59.6 Å². The van der Waals surface area contributed by atoms with E-state index in [0.717, 1.165) is 0 Å². The highest BCUT2D eigenvalue weighted by molar-refractivity contribution is 5.91. The van der Waals surface area contributed by atoms with Gasteiger partial charge < -0.3 is 20.1 Å². The Morgan fingerprint density at radius 1 is 1.50 bits per heavy atom. The molecule has 0 spiro atoms. The highest BCUT2D eigenvalue weighted by Gasteiger charge is 2.18. The number of ether oxygens (including phenoxy) is 2. The smallest absolute Gasteiger partial charge is 0.319 e. The van der Waals surface area contributed by atoms with Gasteiger partial charge in [-0.2, -0.15) is 0 Å². The molecule has 1 aliphatic heterocycles. The van der Waals surface area contributed by atoms with E-state index in [1.807, 2.05) is 0 Å². The molecule has 0 aliphatic carbocycles. The van der Waals surface area contributed by atoms with Crippen LogP contribution in [0.3, 0.4) is 0 Å². The van der Waals surface area contributed by atoms with Gasteiger partial charge in [0.2, 0.25) is 0 Å². The molecule has 2 rings (SSSR count). The van der Waals surface area contributed by atoms with Crippen LogP contribution in [0.5, 0.6) is 5.75 Å². The summed E-state index contributed by atoms with van der Waals surface area (Å²) in [7, 11) is 0. The number of anilines is 1. The van der Waals surface area contributed by atoms with Gasteiger partial charge in [-0.25, -0.2) is 9.18 Å². The SMILES string of the molecule is [CH2]CCNC(=O)Nc1cc(F)cc2c1OCOC2. The van der Waals surface area contributed by atoms with Gasteiger partial charge in [-0.3, -0.25) is 0 Å². The zero-order chi connectivity index (χ0) is 13.0. The van der Waals surface area contributed by atoms with Gasteiger partial charge >= 0.3 is 6.03 Å². The zero-order valence-corrected chi connectivity index (χ0v) is 9.79. The van der Waals surface area contributed by atoms with E-state index in [4.69, 9.17) is 9.47 Å². The molecule has 1 aliphatic rings. The second-order valence-corrected chi connectivity index (χ2v) is 3.79. The average molecular weight is 253 g/mol. The molecular formula is C12H14FN2O3. The lowest BCUT2D eigenvalue weighted by atomic mass is 10.1. The summed E-state index contributed by atoms with van der Waals surface area (Å²) in [6.45, 7) is 4.41. The zero-order valence-electron chi connectivity index (χ0n) is 9.79. The number of hydrogen-bond donors (Lipinski definition) is 2. The summed E-state index contributed by atoms with van der Waals surface area (Å²) in [6.07, 6.45) is 0.582. The van der Waals surface area contributed by atoms with E-state index in [0.29, 0.717) is 30.0 Å². The molecule has 2 N–H and O–H groups in total. The van der Waals surface area contributed by atoms with Crippen LogP contribution in [0.15, 0.2) is 12.1 Å². The molecule has 1 heterocycles. The molecule has 5 nitrogen and oxygen atoms in total. The Kier molecular flexibility index (Phi) is 3.99. The van der Waals surface area contributed by atoms with Crippen molar-refractivity contribution in [2.75, 3.05) is 18.7 Å². The Hall–Kier alpha value is -1.82. The van der Waals surface area contributed by atoms with E-state index in [1.54, 1.807) is 0 Å². The minimum Gasteiger partial charge on any atom is -0.465 e. The predicted molar refractivity (Wildman–Crippen MR) is 63.7 cm³/mol. The number of carbonyl (C=O) groups is 1. The third-order valence-electron chi connectivity index (χ3n) is 2.39. The van der Waals surface area contributed by atoms with Gasteiger partial charge in [0.05, 0.1) is 12.3 Å². The molecule has 0 unspecified atom stereocenters. The number of benzene rings is 1. The van der Waals surface area contributed by atoms with Gasteiger partial charge in [-0.05, 0) is 12.5 Å². The lowest BCUT2D eigenvalue weighted by Gasteiger charge is -2.21. The fraction of sp³-hybridized carbons (Fsp3) is 0.333. The summed E-state index contributed by atoms with van der Waals surface area (Å²) >= 11 is 0. The van der Waals surface area contributed by atoms with Crippen molar-refractivity contribution < 1.29 is 18.7 Å². The summed E-state index contributed by atoms with van der Waals surface area (Å²) in [4.78, 5) is 11.5. The van der Waals surface area contributed by atoms with Crippen LogP contribution in [0.25, 0.3) is 0 Å². The molecule has 97 valence electrons. The Balaban J connectivity index is 2.16. The maximum atomic E-state index is 13.4. The summed E-state index contributed by atoms with van der Waals surface area (Å²) in [5.41, 5.74) is 0.878. The van der Waals surface area contributed by atoms with Crippen molar-refractivity contribution in [3.05, 3.63) is 30.4 Å². The van der Waals surface area contributed by atoms with Crippen LogP contribution in [0, 0.1) is 12.7 Å². The molecule has 1 aromatic carbocycles. The molecular weight excluding hydrogens is 239 g/mol.